The summed E-state index contributed by atoms with van der Waals surface area (Å²) in [5.74, 6) is 0.387. The Bertz CT molecular complexity index is 1290. The Morgan fingerprint density at radius 1 is 0.971 bits per heavy atom. The molecule has 0 unspecified atom stereocenters. The Hall–Kier alpha value is -3.85. The molecule has 0 radical (unpaired) electrons. The van der Waals surface area contributed by atoms with Crippen LogP contribution in [-0.2, 0) is 14.8 Å². The van der Waals surface area contributed by atoms with Crippen LogP contribution in [0.2, 0.25) is 0 Å². The Morgan fingerprint density at radius 2 is 1.68 bits per heavy atom. The fourth-order valence-corrected chi connectivity index (χ4v) is 4.88. The molecule has 3 aromatic carbocycles. The lowest BCUT2D eigenvalue weighted by Gasteiger charge is -2.26. The maximum absolute atomic E-state index is 13.5. The number of hydrazone groups is 1. The largest absolute Gasteiger partial charge is 0.493 e. The number of nitrogens with one attached hydrogen (secondary N) is 1. The summed E-state index contributed by atoms with van der Waals surface area (Å²) in [4.78, 5) is 12.9. The summed E-state index contributed by atoms with van der Waals surface area (Å²) >= 11 is 0. The summed E-state index contributed by atoms with van der Waals surface area (Å²) in [7, 11) is -0.974. The van der Waals surface area contributed by atoms with Crippen molar-refractivity contribution in [3.63, 3.8) is 0 Å². The number of hydrogen-bond acceptors (Lipinski definition) is 6. The molecule has 3 aromatic rings. The molecule has 8 nitrogen and oxygen atoms in total. The smallest absolute Gasteiger partial charge is 0.264 e. The average molecular weight is 482 g/mol. The van der Waals surface area contributed by atoms with Crippen LogP contribution in [0, 0.1) is 13.8 Å². The molecule has 0 saturated carbocycles. The van der Waals surface area contributed by atoms with E-state index in [1.807, 2.05) is 19.9 Å². The minimum absolute atomic E-state index is 0.0910. The van der Waals surface area contributed by atoms with Crippen molar-refractivity contribution in [3.8, 4) is 11.5 Å². The minimum atomic E-state index is -4.00. The molecule has 0 atom stereocenters. The Balaban J connectivity index is 1.88. The first-order valence-corrected chi connectivity index (χ1v) is 11.9. The molecule has 9 heteroatoms. The molecule has 0 saturated heterocycles. The number of benzene rings is 3. The maximum Gasteiger partial charge on any atom is 0.264 e. The third-order valence-corrected chi connectivity index (χ3v) is 7.06. The van der Waals surface area contributed by atoms with E-state index < -0.39 is 22.5 Å². The molecule has 0 aliphatic carbocycles. The highest BCUT2D eigenvalue weighted by atomic mass is 32.2. The second-order valence-electron chi connectivity index (χ2n) is 7.42. The minimum Gasteiger partial charge on any atom is -0.493 e. The van der Waals surface area contributed by atoms with Gasteiger partial charge in [0, 0.05) is 5.56 Å². The van der Waals surface area contributed by atoms with E-state index in [4.69, 9.17) is 9.47 Å². The number of aryl methyl sites for hydroxylation is 1. The summed E-state index contributed by atoms with van der Waals surface area (Å²) in [6, 6.07) is 18.6. The number of hydrogen-bond donors (Lipinski definition) is 1. The number of para-hydroxylation sites is 1. The van der Waals surface area contributed by atoms with Gasteiger partial charge in [-0.1, -0.05) is 36.4 Å². The van der Waals surface area contributed by atoms with Crippen molar-refractivity contribution in [1.82, 2.24) is 5.43 Å². The average Bonchev–Trinajstić information content (AvgIpc) is 2.84. The van der Waals surface area contributed by atoms with Crippen LogP contribution in [-0.4, -0.2) is 41.3 Å². The van der Waals surface area contributed by atoms with Gasteiger partial charge in [-0.2, -0.15) is 5.10 Å². The van der Waals surface area contributed by atoms with E-state index in [0.717, 1.165) is 15.4 Å². The van der Waals surface area contributed by atoms with E-state index in [1.165, 1.54) is 32.6 Å². The van der Waals surface area contributed by atoms with Crippen LogP contribution in [0.25, 0.3) is 0 Å². The second kappa shape index (κ2) is 10.8. The topological polar surface area (TPSA) is 97.3 Å². The number of nitrogens with zero attached hydrogens (tertiary/aromatic N) is 2. The fourth-order valence-electron chi connectivity index (χ4n) is 3.38. The highest BCUT2D eigenvalue weighted by Crippen LogP contribution is 2.30. The molecule has 0 aliphatic rings. The van der Waals surface area contributed by atoms with Crippen LogP contribution in [0.15, 0.2) is 76.7 Å². The van der Waals surface area contributed by atoms with Gasteiger partial charge >= 0.3 is 0 Å². The first kappa shape index (κ1) is 24.8. The van der Waals surface area contributed by atoms with Gasteiger partial charge in [0.25, 0.3) is 15.9 Å². The number of rotatable bonds is 9. The van der Waals surface area contributed by atoms with Crippen LogP contribution < -0.4 is 19.2 Å². The van der Waals surface area contributed by atoms with Gasteiger partial charge in [-0.05, 0) is 55.3 Å². The monoisotopic (exact) mass is 481 g/mol. The summed E-state index contributed by atoms with van der Waals surface area (Å²) in [5, 5.41) is 3.99. The molecule has 34 heavy (non-hydrogen) atoms. The van der Waals surface area contributed by atoms with Crippen LogP contribution in [0.1, 0.15) is 16.7 Å². The number of amides is 1. The van der Waals surface area contributed by atoms with Gasteiger partial charge in [0.2, 0.25) is 0 Å². The summed E-state index contributed by atoms with van der Waals surface area (Å²) in [6.07, 6.45) is 1.41. The van der Waals surface area contributed by atoms with Crippen molar-refractivity contribution in [2.75, 3.05) is 25.1 Å². The Labute approximate surface area is 199 Å². The second-order valence-corrected chi connectivity index (χ2v) is 9.28. The summed E-state index contributed by atoms with van der Waals surface area (Å²) in [6.45, 7) is 3.26. The molecule has 0 fully saturated rings. The number of ether oxygens (including phenoxy) is 2. The molecule has 0 heterocycles. The standard InChI is InChI=1S/C25H27N3O5S/c1-18-10-8-14-22(19(18)2)28(34(30,31)21-12-6-5-7-13-21)17-24(29)27-26-16-20-11-9-15-23(32-3)25(20)33-4/h5-16H,17H2,1-4H3,(H,27,29)/b26-16-. The summed E-state index contributed by atoms with van der Waals surface area (Å²) in [5.41, 5.74) is 5.10. The fraction of sp³-hybridized carbons (Fsp3) is 0.200. The predicted octanol–water partition coefficient (Wildman–Crippen LogP) is 3.67. The number of methoxy groups -OCH3 is 2. The van der Waals surface area contributed by atoms with Crippen molar-refractivity contribution in [2.45, 2.75) is 18.7 Å². The maximum atomic E-state index is 13.5. The first-order valence-electron chi connectivity index (χ1n) is 10.5. The molecule has 1 amide bonds. The third kappa shape index (κ3) is 5.37. The highest BCUT2D eigenvalue weighted by Gasteiger charge is 2.28. The van der Waals surface area contributed by atoms with E-state index in [0.29, 0.717) is 22.7 Å². The predicted molar refractivity (Wildman–Crippen MR) is 132 cm³/mol. The van der Waals surface area contributed by atoms with E-state index >= 15 is 0 Å². The Morgan fingerprint density at radius 3 is 2.35 bits per heavy atom. The SMILES string of the molecule is COc1cccc(/C=N\NC(=O)CN(c2cccc(C)c2C)S(=O)(=O)c2ccccc2)c1OC. The first-order chi connectivity index (χ1) is 16.3. The van der Waals surface area contributed by atoms with Crippen molar-refractivity contribution < 1.29 is 22.7 Å². The van der Waals surface area contributed by atoms with Gasteiger partial charge in [-0.15, -0.1) is 0 Å². The van der Waals surface area contributed by atoms with Crippen LogP contribution in [0.4, 0.5) is 5.69 Å². The molecular formula is C25H27N3O5S. The highest BCUT2D eigenvalue weighted by molar-refractivity contribution is 7.92. The quantitative estimate of drug-likeness (QED) is 0.372. The lowest BCUT2D eigenvalue weighted by atomic mass is 10.1. The van der Waals surface area contributed by atoms with Gasteiger partial charge < -0.3 is 9.47 Å². The van der Waals surface area contributed by atoms with Gasteiger partial charge in [-0.3, -0.25) is 9.10 Å². The molecule has 0 bridgehead atoms. The molecule has 0 aromatic heterocycles. The normalized spacial score (nSPS) is 11.3. The van der Waals surface area contributed by atoms with E-state index in [2.05, 4.69) is 10.5 Å². The van der Waals surface area contributed by atoms with E-state index in [-0.39, 0.29) is 4.90 Å². The van der Waals surface area contributed by atoms with Gasteiger partial charge in [0.1, 0.15) is 6.54 Å². The van der Waals surface area contributed by atoms with E-state index in [9.17, 15) is 13.2 Å². The van der Waals surface area contributed by atoms with Crippen molar-refractivity contribution >= 4 is 27.8 Å². The lowest BCUT2D eigenvalue weighted by molar-refractivity contribution is -0.119. The van der Waals surface area contributed by atoms with Gasteiger partial charge in [-0.25, -0.2) is 13.8 Å². The zero-order chi connectivity index (χ0) is 24.7. The van der Waals surface area contributed by atoms with E-state index in [1.54, 1.807) is 48.5 Å². The van der Waals surface area contributed by atoms with Crippen molar-refractivity contribution in [1.29, 1.82) is 0 Å². The zero-order valence-corrected chi connectivity index (χ0v) is 20.3. The molecule has 0 aliphatic heterocycles. The number of carbonyl (C=O) groups excluding carboxylic acids is 1. The van der Waals surface area contributed by atoms with Crippen LogP contribution in [0.3, 0.4) is 0 Å². The number of carbonyl (C=O) groups is 1. The number of anilines is 1. The van der Waals surface area contributed by atoms with Crippen molar-refractivity contribution in [2.24, 2.45) is 5.10 Å². The number of sulfonamides is 1. The van der Waals surface area contributed by atoms with Crippen LogP contribution in [0.5, 0.6) is 11.5 Å². The lowest BCUT2D eigenvalue weighted by Crippen LogP contribution is -2.40. The third-order valence-electron chi connectivity index (χ3n) is 5.29. The van der Waals surface area contributed by atoms with Crippen molar-refractivity contribution in [3.05, 3.63) is 83.4 Å². The van der Waals surface area contributed by atoms with Gasteiger partial charge in [0.05, 0.1) is 31.0 Å². The van der Waals surface area contributed by atoms with Crippen LogP contribution >= 0.6 is 0 Å². The molecule has 3 rings (SSSR count). The molecule has 1 N–H and O–H groups in total. The Kier molecular flexibility index (Phi) is 7.91. The molecular weight excluding hydrogens is 454 g/mol. The molecule has 0 spiro atoms. The zero-order valence-electron chi connectivity index (χ0n) is 19.5. The molecule has 178 valence electrons. The van der Waals surface area contributed by atoms with Gasteiger partial charge in [0.15, 0.2) is 11.5 Å². The summed E-state index contributed by atoms with van der Waals surface area (Å²) < 4.78 is 38.6.